The van der Waals surface area contributed by atoms with Crippen LogP contribution < -0.4 is 0 Å². The van der Waals surface area contributed by atoms with Gasteiger partial charge in [-0.2, -0.15) is 0 Å². The van der Waals surface area contributed by atoms with Crippen LogP contribution in [-0.4, -0.2) is 42.3 Å². The molecule has 1 fully saturated rings. The van der Waals surface area contributed by atoms with E-state index < -0.39 is 12.2 Å². The molecular formula is C13H14Cl2N4O3. The summed E-state index contributed by atoms with van der Waals surface area (Å²) in [5, 5.41) is 13.6. The Morgan fingerprint density at radius 3 is 2.91 bits per heavy atom. The highest BCUT2D eigenvalue weighted by Gasteiger charge is 2.31. The molecule has 0 aliphatic carbocycles. The van der Waals surface area contributed by atoms with Crippen LogP contribution in [0.3, 0.4) is 0 Å². The van der Waals surface area contributed by atoms with Gasteiger partial charge in [0.15, 0.2) is 0 Å². The maximum absolute atomic E-state index is 11.2. The summed E-state index contributed by atoms with van der Waals surface area (Å²) >= 11 is 11.9. The molecule has 9 heteroatoms. The second-order valence-corrected chi connectivity index (χ2v) is 5.68. The van der Waals surface area contributed by atoms with E-state index in [0.29, 0.717) is 10.0 Å². The number of nitrogens with zero attached hydrogens (tertiary/aromatic N) is 4. The van der Waals surface area contributed by atoms with Crippen molar-refractivity contribution in [3.63, 3.8) is 0 Å². The van der Waals surface area contributed by atoms with E-state index in [1.165, 1.54) is 4.90 Å². The van der Waals surface area contributed by atoms with Crippen LogP contribution in [0.4, 0.5) is 4.79 Å². The van der Waals surface area contributed by atoms with Crippen molar-refractivity contribution in [3.8, 4) is 0 Å². The zero-order valence-corrected chi connectivity index (χ0v) is 13.0. The second-order valence-electron chi connectivity index (χ2n) is 4.87. The molecule has 1 aromatic rings. The standard InChI is InChI=1S/C13H14Cl2N4O3/c14-10-2-1-8(5-11(10)15)12-9(6-17-18-16)7-19(13(20)21)3-4-22-12/h1-2,5,9,12H,3-4,6-7H2,(H,20,21)/t9-,12+/m1/s1. The van der Waals surface area contributed by atoms with Crippen LogP contribution in [0.25, 0.3) is 10.4 Å². The van der Waals surface area contributed by atoms with Gasteiger partial charge < -0.3 is 14.7 Å². The summed E-state index contributed by atoms with van der Waals surface area (Å²) in [6, 6.07) is 5.12. The molecular weight excluding hydrogens is 331 g/mol. The van der Waals surface area contributed by atoms with Gasteiger partial charge in [-0.15, -0.1) is 0 Å². The number of azide groups is 1. The lowest BCUT2D eigenvalue weighted by atomic mass is 9.95. The van der Waals surface area contributed by atoms with E-state index in [4.69, 9.17) is 33.5 Å². The van der Waals surface area contributed by atoms with Gasteiger partial charge in [-0.3, -0.25) is 0 Å². The fourth-order valence-electron chi connectivity index (χ4n) is 2.42. The summed E-state index contributed by atoms with van der Waals surface area (Å²) in [5.41, 5.74) is 9.31. The predicted molar refractivity (Wildman–Crippen MR) is 82.3 cm³/mol. The highest BCUT2D eigenvalue weighted by molar-refractivity contribution is 6.42. The number of halogens is 2. The minimum atomic E-state index is -1.02. The molecule has 7 nitrogen and oxygen atoms in total. The van der Waals surface area contributed by atoms with Crippen LogP contribution in [0.5, 0.6) is 0 Å². The van der Waals surface area contributed by atoms with Gasteiger partial charge in [0.05, 0.1) is 22.8 Å². The zero-order valence-electron chi connectivity index (χ0n) is 11.5. The molecule has 1 N–H and O–H groups in total. The van der Waals surface area contributed by atoms with Crippen molar-refractivity contribution in [1.82, 2.24) is 4.90 Å². The number of benzene rings is 1. The van der Waals surface area contributed by atoms with Gasteiger partial charge >= 0.3 is 6.09 Å². The molecule has 0 radical (unpaired) electrons. The van der Waals surface area contributed by atoms with Gasteiger partial charge in [0.1, 0.15) is 0 Å². The van der Waals surface area contributed by atoms with E-state index in [2.05, 4.69) is 10.0 Å². The lowest BCUT2D eigenvalue weighted by Crippen LogP contribution is -2.35. The average molecular weight is 345 g/mol. The van der Waals surface area contributed by atoms with Crippen molar-refractivity contribution in [1.29, 1.82) is 0 Å². The molecule has 0 spiro atoms. The SMILES string of the molecule is [N-]=[N+]=NC[C@@H]1CN(C(=O)O)CCO[C@H]1c1ccc(Cl)c(Cl)c1. The Kier molecular flexibility index (Phi) is 5.74. The van der Waals surface area contributed by atoms with Crippen molar-refractivity contribution in [2.75, 3.05) is 26.2 Å². The molecule has 0 saturated carbocycles. The Hall–Kier alpha value is -1.66. The first-order chi connectivity index (χ1) is 10.5. The van der Waals surface area contributed by atoms with Crippen LogP contribution in [0.2, 0.25) is 10.0 Å². The van der Waals surface area contributed by atoms with Crippen molar-refractivity contribution in [3.05, 3.63) is 44.3 Å². The average Bonchev–Trinajstić information content (AvgIpc) is 2.70. The van der Waals surface area contributed by atoms with E-state index in [9.17, 15) is 9.90 Å². The largest absolute Gasteiger partial charge is 0.465 e. The first kappa shape index (κ1) is 16.7. The number of ether oxygens (including phenoxy) is 1. The lowest BCUT2D eigenvalue weighted by molar-refractivity contribution is 0.0331. The molecule has 1 aromatic carbocycles. The van der Waals surface area contributed by atoms with Crippen molar-refractivity contribution < 1.29 is 14.6 Å². The summed E-state index contributed by atoms with van der Waals surface area (Å²) in [7, 11) is 0. The monoisotopic (exact) mass is 344 g/mol. The third-order valence-electron chi connectivity index (χ3n) is 3.46. The maximum Gasteiger partial charge on any atom is 0.407 e. The summed E-state index contributed by atoms with van der Waals surface area (Å²) in [6.45, 7) is 0.869. The molecule has 0 unspecified atom stereocenters. The summed E-state index contributed by atoms with van der Waals surface area (Å²) < 4.78 is 5.78. The second kappa shape index (κ2) is 7.56. The van der Waals surface area contributed by atoms with Crippen LogP contribution in [0, 0.1) is 5.92 Å². The molecule has 0 aromatic heterocycles. The van der Waals surface area contributed by atoms with Crippen molar-refractivity contribution in [2.24, 2.45) is 11.0 Å². The normalized spacial score (nSPS) is 21.8. The van der Waals surface area contributed by atoms with E-state index in [1.807, 2.05) is 0 Å². The number of amides is 1. The molecule has 118 valence electrons. The van der Waals surface area contributed by atoms with E-state index >= 15 is 0 Å². The third-order valence-corrected chi connectivity index (χ3v) is 4.20. The number of hydrogen-bond donors (Lipinski definition) is 1. The first-order valence-electron chi connectivity index (χ1n) is 6.58. The van der Waals surface area contributed by atoms with Crippen molar-refractivity contribution in [2.45, 2.75) is 6.10 Å². The van der Waals surface area contributed by atoms with E-state index in [1.54, 1.807) is 18.2 Å². The highest BCUT2D eigenvalue weighted by Crippen LogP contribution is 2.33. The minimum absolute atomic E-state index is 0.130. The fraction of sp³-hybridized carbons (Fsp3) is 0.462. The molecule has 1 saturated heterocycles. The molecule has 1 aliphatic heterocycles. The summed E-state index contributed by atoms with van der Waals surface area (Å²) in [6.07, 6.45) is -1.44. The number of carboxylic acid groups (broad SMARTS) is 1. The Bertz CT molecular complexity index is 607. The van der Waals surface area contributed by atoms with Crippen LogP contribution in [0.15, 0.2) is 23.3 Å². The molecule has 1 heterocycles. The quantitative estimate of drug-likeness (QED) is 0.510. The highest BCUT2D eigenvalue weighted by atomic mass is 35.5. The van der Waals surface area contributed by atoms with Gasteiger partial charge in [0.2, 0.25) is 0 Å². The van der Waals surface area contributed by atoms with E-state index in [-0.39, 0.29) is 32.2 Å². The topological polar surface area (TPSA) is 98.5 Å². The number of hydrogen-bond acceptors (Lipinski definition) is 3. The minimum Gasteiger partial charge on any atom is -0.465 e. The number of rotatable bonds is 3. The first-order valence-corrected chi connectivity index (χ1v) is 7.33. The van der Waals surface area contributed by atoms with Gasteiger partial charge in [-0.1, -0.05) is 34.4 Å². The molecule has 22 heavy (non-hydrogen) atoms. The molecule has 1 aliphatic rings. The Balaban J connectivity index is 2.30. The van der Waals surface area contributed by atoms with Crippen LogP contribution >= 0.6 is 23.2 Å². The fourth-order valence-corrected chi connectivity index (χ4v) is 2.73. The Labute approximate surface area is 137 Å². The maximum atomic E-state index is 11.2. The summed E-state index contributed by atoms with van der Waals surface area (Å²) in [5.74, 6) is -0.299. The molecule has 1 amide bonds. The predicted octanol–water partition coefficient (Wildman–Crippen LogP) is 3.97. The van der Waals surface area contributed by atoms with Gasteiger partial charge in [-0.25, -0.2) is 4.79 Å². The molecule has 2 atom stereocenters. The third kappa shape index (κ3) is 3.96. The Morgan fingerprint density at radius 2 is 2.27 bits per heavy atom. The smallest absolute Gasteiger partial charge is 0.407 e. The van der Waals surface area contributed by atoms with Crippen LogP contribution in [-0.2, 0) is 4.74 Å². The number of carbonyl (C=O) groups is 1. The lowest BCUT2D eigenvalue weighted by Gasteiger charge is -2.25. The molecule has 0 bridgehead atoms. The van der Waals surface area contributed by atoms with Crippen LogP contribution in [0.1, 0.15) is 11.7 Å². The van der Waals surface area contributed by atoms with Gasteiger partial charge in [-0.05, 0) is 23.2 Å². The zero-order chi connectivity index (χ0) is 16.1. The Morgan fingerprint density at radius 1 is 1.50 bits per heavy atom. The molecule has 2 rings (SSSR count). The van der Waals surface area contributed by atoms with E-state index in [0.717, 1.165) is 5.56 Å². The van der Waals surface area contributed by atoms with Crippen molar-refractivity contribution >= 4 is 29.3 Å². The van der Waals surface area contributed by atoms with Gasteiger partial charge in [0, 0.05) is 30.5 Å². The van der Waals surface area contributed by atoms with Gasteiger partial charge in [0.25, 0.3) is 0 Å². The summed E-state index contributed by atoms with van der Waals surface area (Å²) in [4.78, 5) is 15.2.